The van der Waals surface area contributed by atoms with Gasteiger partial charge in [0.05, 0.1) is 19.8 Å². The number of Topliss-reactive ketones (excluding diaryl/α,β-unsaturated/α-hetero) is 1. The first-order valence-electron chi connectivity index (χ1n) is 7.24. The van der Waals surface area contributed by atoms with Crippen LogP contribution in [0.4, 0.5) is 0 Å². The molecule has 1 aromatic rings. The molecule has 0 radical (unpaired) electrons. The lowest BCUT2D eigenvalue weighted by Gasteiger charge is -2.26. The molecule has 116 valence electrons. The molecule has 0 spiro atoms. The molecule has 0 atom stereocenters. The number of hydrogen-bond acceptors (Lipinski definition) is 5. The second-order valence-electron chi connectivity index (χ2n) is 5.14. The van der Waals surface area contributed by atoms with E-state index in [2.05, 4.69) is 9.88 Å². The third-order valence-corrected chi connectivity index (χ3v) is 3.64. The minimum absolute atomic E-state index is 0.0393. The Morgan fingerprint density at radius 3 is 2.57 bits per heavy atom. The maximum absolute atomic E-state index is 11.9. The van der Waals surface area contributed by atoms with Crippen LogP contribution in [0.15, 0.2) is 0 Å². The molecule has 21 heavy (non-hydrogen) atoms. The SMILES string of the molecule is CCOC(=O)c1[nH]c(CN2CCOCC2)c(C(C)=O)c1C. The number of nitrogens with zero attached hydrogens (tertiary/aromatic N) is 1. The Labute approximate surface area is 124 Å². The van der Waals surface area contributed by atoms with Crippen LogP contribution in [-0.4, -0.2) is 54.5 Å². The predicted molar refractivity (Wildman–Crippen MR) is 77.6 cm³/mol. The molecule has 0 saturated carbocycles. The van der Waals surface area contributed by atoms with Crippen LogP contribution in [0.2, 0.25) is 0 Å². The molecule has 6 heteroatoms. The Morgan fingerprint density at radius 1 is 1.33 bits per heavy atom. The van der Waals surface area contributed by atoms with Crippen molar-refractivity contribution < 1.29 is 19.1 Å². The fourth-order valence-corrected chi connectivity index (χ4v) is 2.64. The average molecular weight is 294 g/mol. The molecule has 0 unspecified atom stereocenters. The summed E-state index contributed by atoms with van der Waals surface area (Å²) in [4.78, 5) is 29.1. The fourth-order valence-electron chi connectivity index (χ4n) is 2.64. The number of ketones is 1. The highest BCUT2D eigenvalue weighted by Crippen LogP contribution is 2.22. The summed E-state index contributed by atoms with van der Waals surface area (Å²) in [5.74, 6) is -0.451. The number of morpholine rings is 1. The molecule has 1 aliphatic heterocycles. The number of hydrogen-bond donors (Lipinski definition) is 1. The summed E-state index contributed by atoms with van der Waals surface area (Å²) in [5, 5.41) is 0. The van der Waals surface area contributed by atoms with Gasteiger partial charge >= 0.3 is 5.97 Å². The van der Waals surface area contributed by atoms with Crippen LogP contribution in [0, 0.1) is 6.92 Å². The van der Waals surface area contributed by atoms with E-state index in [0.717, 1.165) is 18.8 Å². The molecule has 1 N–H and O–H groups in total. The molecular weight excluding hydrogens is 272 g/mol. The molecule has 0 aromatic carbocycles. The summed E-state index contributed by atoms with van der Waals surface area (Å²) >= 11 is 0. The predicted octanol–water partition coefficient (Wildman–Crippen LogP) is 1.53. The lowest BCUT2D eigenvalue weighted by molar-refractivity contribution is 0.0335. The van der Waals surface area contributed by atoms with Crippen LogP contribution in [0.3, 0.4) is 0 Å². The van der Waals surface area contributed by atoms with Crippen molar-refractivity contribution in [3.8, 4) is 0 Å². The summed E-state index contributed by atoms with van der Waals surface area (Å²) in [7, 11) is 0. The van der Waals surface area contributed by atoms with Crippen LogP contribution >= 0.6 is 0 Å². The maximum Gasteiger partial charge on any atom is 0.355 e. The molecule has 2 heterocycles. The van der Waals surface area contributed by atoms with Gasteiger partial charge in [0, 0.05) is 30.9 Å². The van der Waals surface area contributed by atoms with Gasteiger partial charge in [0.25, 0.3) is 0 Å². The van der Waals surface area contributed by atoms with Gasteiger partial charge < -0.3 is 14.5 Å². The third kappa shape index (κ3) is 3.51. The van der Waals surface area contributed by atoms with Crippen LogP contribution < -0.4 is 0 Å². The second-order valence-corrected chi connectivity index (χ2v) is 5.14. The van der Waals surface area contributed by atoms with E-state index in [4.69, 9.17) is 9.47 Å². The van der Waals surface area contributed by atoms with Crippen molar-refractivity contribution in [2.75, 3.05) is 32.9 Å². The first kappa shape index (κ1) is 15.7. The summed E-state index contributed by atoms with van der Waals surface area (Å²) in [5.41, 5.74) is 2.43. The first-order chi connectivity index (χ1) is 10.0. The number of ether oxygens (including phenoxy) is 2. The minimum atomic E-state index is -0.411. The summed E-state index contributed by atoms with van der Waals surface area (Å²) in [6.45, 7) is 9.02. The van der Waals surface area contributed by atoms with E-state index in [1.54, 1.807) is 13.8 Å². The number of aromatic amines is 1. The molecular formula is C15H22N2O4. The average Bonchev–Trinajstić information content (AvgIpc) is 2.77. The van der Waals surface area contributed by atoms with Gasteiger partial charge in [-0.15, -0.1) is 0 Å². The molecule has 1 saturated heterocycles. The molecule has 1 fully saturated rings. The highest BCUT2D eigenvalue weighted by Gasteiger charge is 2.24. The van der Waals surface area contributed by atoms with E-state index < -0.39 is 5.97 Å². The van der Waals surface area contributed by atoms with E-state index in [1.807, 2.05) is 0 Å². The molecule has 2 rings (SSSR count). The highest BCUT2D eigenvalue weighted by atomic mass is 16.5. The van der Waals surface area contributed by atoms with Crippen molar-refractivity contribution in [3.05, 3.63) is 22.5 Å². The van der Waals surface area contributed by atoms with E-state index in [1.165, 1.54) is 6.92 Å². The number of carbonyl (C=O) groups excluding carboxylic acids is 2. The Hall–Kier alpha value is -1.66. The zero-order valence-electron chi connectivity index (χ0n) is 12.8. The molecule has 1 aliphatic rings. The van der Waals surface area contributed by atoms with Crippen molar-refractivity contribution in [2.45, 2.75) is 27.3 Å². The topological polar surface area (TPSA) is 71.6 Å². The van der Waals surface area contributed by atoms with Gasteiger partial charge in [-0.3, -0.25) is 9.69 Å². The van der Waals surface area contributed by atoms with E-state index in [0.29, 0.717) is 43.2 Å². The number of H-pyrrole nitrogens is 1. The standard InChI is InChI=1S/C15H22N2O4/c1-4-21-15(19)14-10(2)13(11(3)18)12(16-14)9-17-5-7-20-8-6-17/h16H,4-9H2,1-3H3. The number of esters is 1. The molecule has 0 amide bonds. The van der Waals surface area contributed by atoms with Gasteiger partial charge in [-0.2, -0.15) is 0 Å². The van der Waals surface area contributed by atoms with E-state index in [-0.39, 0.29) is 5.78 Å². The second kappa shape index (κ2) is 6.87. The number of nitrogens with one attached hydrogen (secondary N) is 1. The van der Waals surface area contributed by atoms with Crippen LogP contribution in [0.25, 0.3) is 0 Å². The van der Waals surface area contributed by atoms with Gasteiger partial charge in [0.2, 0.25) is 0 Å². The van der Waals surface area contributed by atoms with Crippen molar-refractivity contribution in [3.63, 3.8) is 0 Å². The Balaban J connectivity index is 2.28. The van der Waals surface area contributed by atoms with Gasteiger partial charge in [0.15, 0.2) is 5.78 Å². The lowest BCUT2D eigenvalue weighted by atomic mass is 10.1. The van der Waals surface area contributed by atoms with Gasteiger partial charge in [-0.25, -0.2) is 4.79 Å². The highest BCUT2D eigenvalue weighted by molar-refractivity contribution is 6.01. The summed E-state index contributed by atoms with van der Waals surface area (Å²) in [6.07, 6.45) is 0. The van der Waals surface area contributed by atoms with Gasteiger partial charge in [-0.05, 0) is 26.3 Å². The summed E-state index contributed by atoms with van der Waals surface area (Å²) in [6, 6.07) is 0. The third-order valence-electron chi connectivity index (χ3n) is 3.64. The van der Waals surface area contributed by atoms with E-state index >= 15 is 0 Å². The van der Waals surface area contributed by atoms with Crippen LogP contribution in [0.5, 0.6) is 0 Å². The molecule has 1 aromatic heterocycles. The smallest absolute Gasteiger partial charge is 0.355 e. The van der Waals surface area contributed by atoms with Crippen molar-refractivity contribution in [2.24, 2.45) is 0 Å². The zero-order chi connectivity index (χ0) is 15.4. The minimum Gasteiger partial charge on any atom is -0.461 e. The maximum atomic E-state index is 11.9. The normalized spacial score (nSPS) is 16.0. The first-order valence-corrected chi connectivity index (χ1v) is 7.24. The van der Waals surface area contributed by atoms with Crippen molar-refractivity contribution >= 4 is 11.8 Å². The van der Waals surface area contributed by atoms with Gasteiger partial charge in [0.1, 0.15) is 5.69 Å². The van der Waals surface area contributed by atoms with Crippen LogP contribution in [-0.2, 0) is 16.0 Å². The lowest BCUT2D eigenvalue weighted by Crippen LogP contribution is -2.36. The fraction of sp³-hybridized carbons (Fsp3) is 0.600. The zero-order valence-corrected chi connectivity index (χ0v) is 12.8. The van der Waals surface area contributed by atoms with E-state index in [9.17, 15) is 9.59 Å². The van der Waals surface area contributed by atoms with Crippen molar-refractivity contribution in [1.82, 2.24) is 9.88 Å². The number of rotatable bonds is 5. The monoisotopic (exact) mass is 294 g/mol. The number of aromatic nitrogens is 1. The van der Waals surface area contributed by atoms with Crippen LogP contribution in [0.1, 0.15) is 46.0 Å². The quantitative estimate of drug-likeness (QED) is 0.659. The Bertz CT molecular complexity index is 530. The molecule has 6 nitrogen and oxygen atoms in total. The largest absolute Gasteiger partial charge is 0.461 e. The van der Waals surface area contributed by atoms with Gasteiger partial charge in [-0.1, -0.05) is 0 Å². The Morgan fingerprint density at radius 2 is 2.00 bits per heavy atom. The Kier molecular flexibility index (Phi) is 5.14. The molecule has 0 bridgehead atoms. The molecule has 0 aliphatic carbocycles. The summed E-state index contributed by atoms with van der Waals surface area (Å²) < 4.78 is 10.4. The van der Waals surface area contributed by atoms with Crippen molar-refractivity contribution in [1.29, 1.82) is 0 Å². The number of carbonyl (C=O) groups is 2.